The van der Waals surface area contributed by atoms with Gasteiger partial charge in [-0.1, -0.05) is 33.1 Å². The van der Waals surface area contributed by atoms with Crippen molar-refractivity contribution in [2.24, 2.45) is 17.1 Å². The Bertz CT molecular complexity index is 166. The summed E-state index contributed by atoms with van der Waals surface area (Å²) in [6.45, 7) is 5.11. The third-order valence-electron chi connectivity index (χ3n) is 4.15. The summed E-state index contributed by atoms with van der Waals surface area (Å²) in [5.41, 5.74) is 5.99. The van der Waals surface area contributed by atoms with Gasteiger partial charge in [0.05, 0.1) is 6.10 Å². The first-order chi connectivity index (χ1) is 6.64. The van der Waals surface area contributed by atoms with E-state index in [2.05, 4.69) is 13.8 Å². The Hall–Kier alpha value is -0.0800. The van der Waals surface area contributed by atoms with Crippen molar-refractivity contribution in [2.75, 3.05) is 6.54 Å². The molecule has 0 aromatic heterocycles. The summed E-state index contributed by atoms with van der Waals surface area (Å²) in [6, 6.07) is 0. The molecular weight excluding hydrogens is 174 g/mol. The highest BCUT2D eigenvalue weighted by Gasteiger charge is 2.36. The van der Waals surface area contributed by atoms with Gasteiger partial charge in [0.2, 0.25) is 0 Å². The molecule has 3 atom stereocenters. The van der Waals surface area contributed by atoms with E-state index in [1.54, 1.807) is 0 Å². The van der Waals surface area contributed by atoms with E-state index < -0.39 is 0 Å². The van der Waals surface area contributed by atoms with Crippen LogP contribution < -0.4 is 5.73 Å². The molecule has 1 aliphatic rings. The van der Waals surface area contributed by atoms with E-state index in [9.17, 15) is 5.11 Å². The number of aliphatic hydroxyl groups is 1. The predicted octanol–water partition coefficient (Wildman–Crippen LogP) is 2.30. The molecular formula is C12H25NO. The van der Waals surface area contributed by atoms with Gasteiger partial charge in [-0.3, -0.25) is 0 Å². The van der Waals surface area contributed by atoms with E-state index in [-0.39, 0.29) is 11.5 Å². The minimum absolute atomic E-state index is 0.119. The molecule has 84 valence electrons. The second-order valence-corrected chi connectivity index (χ2v) is 5.02. The second-order valence-electron chi connectivity index (χ2n) is 5.02. The molecule has 0 spiro atoms. The molecule has 0 amide bonds. The largest absolute Gasteiger partial charge is 0.393 e. The molecule has 0 aromatic carbocycles. The van der Waals surface area contributed by atoms with Crippen LogP contribution in [0.2, 0.25) is 0 Å². The molecule has 1 fully saturated rings. The Labute approximate surface area is 87.9 Å². The van der Waals surface area contributed by atoms with Crippen LogP contribution in [0.25, 0.3) is 0 Å². The van der Waals surface area contributed by atoms with Gasteiger partial charge in [0, 0.05) is 0 Å². The van der Waals surface area contributed by atoms with Crippen molar-refractivity contribution in [3.05, 3.63) is 0 Å². The molecule has 0 radical (unpaired) electrons. The first-order valence-electron chi connectivity index (χ1n) is 6.02. The normalized spacial score (nSPS) is 33.4. The van der Waals surface area contributed by atoms with Crippen molar-refractivity contribution in [3.63, 3.8) is 0 Å². The van der Waals surface area contributed by atoms with Gasteiger partial charge < -0.3 is 10.8 Å². The van der Waals surface area contributed by atoms with Gasteiger partial charge in [0.15, 0.2) is 0 Å². The van der Waals surface area contributed by atoms with Gasteiger partial charge in [-0.2, -0.15) is 0 Å². The van der Waals surface area contributed by atoms with Crippen molar-refractivity contribution in [1.82, 2.24) is 0 Å². The predicted molar refractivity (Wildman–Crippen MR) is 60.0 cm³/mol. The standard InChI is InChI=1S/C12H25NO/c1-3-12(2,9-13)10-7-5-4-6-8-11(10)14/h10-11,14H,3-9,13H2,1-2H3. The van der Waals surface area contributed by atoms with Gasteiger partial charge in [-0.05, 0) is 37.1 Å². The van der Waals surface area contributed by atoms with E-state index >= 15 is 0 Å². The molecule has 0 saturated heterocycles. The van der Waals surface area contributed by atoms with Crippen molar-refractivity contribution >= 4 is 0 Å². The molecule has 2 heteroatoms. The fourth-order valence-corrected chi connectivity index (χ4v) is 2.66. The molecule has 1 saturated carbocycles. The zero-order chi connectivity index (χ0) is 10.6. The monoisotopic (exact) mass is 199 g/mol. The van der Waals surface area contributed by atoms with E-state index in [1.165, 1.54) is 19.3 Å². The number of hydrogen-bond donors (Lipinski definition) is 2. The lowest BCUT2D eigenvalue weighted by molar-refractivity contribution is 0.0218. The molecule has 0 bridgehead atoms. The van der Waals surface area contributed by atoms with E-state index in [0.29, 0.717) is 12.5 Å². The average Bonchev–Trinajstić information content (AvgIpc) is 2.42. The summed E-state index contributed by atoms with van der Waals surface area (Å²) in [5, 5.41) is 10.1. The Morgan fingerprint density at radius 2 is 1.93 bits per heavy atom. The summed E-state index contributed by atoms with van der Waals surface area (Å²) < 4.78 is 0. The van der Waals surface area contributed by atoms with Crippen LogP contribution in [-0.2, 0) is 0 Å². The lowest BCUT2D eigenvalue weighted by atomic mass is 9.70. The second kappa shape index (κ2) is 5.13. The fraction of sp³-hybridized carbons (Fsp3) is 1.00. The van der Waals surface area contributed by atoms with Crippen LogP contribution in [0, 0.1) is 11.3 Å². The average molecular weight is 199 g/mol. The van der Waals surface area contributed by atoms with Gasteiger partial charge >= 0.3 is 0 Å². The van der Waals surface area contributed by atoms with Crippen molar-refractivity contribution in [2.45, 2.75) is 58.5 Å². The lowest BCUT2D eigenvalue weighted by Crippen LogP contribution is -2.40. The van der Waals surface area contributed by atoms with Crippen LogP contribution in [0.5, 0.6) is 0 Å². The number of hydrogen-bond acceptors (Lipinski definition) is 2. The van der Waals surface area contributed by atoms with Crippen LogP contribution >= 0.6 is 0 Å². The number of rotatable bonds is 3. The topological polar surface area (TPSA) is 46.2 Å². The lowest BCUT2D eigenvalue weighted by Gasteiger charge is -2.38. The quantitative estimate of drug-likeness (QED) is 0.685. The maximum Gasteiger partial charge on any atom is 0.0574 e. The highest BCUT2D eigenvalue weighted by atomic mass is 16.3. The first-order valence-corrected chi connectivity index (χ1v) is 6.02. The SMILES string of the molecule is CCC(C)(CN)C1CCCCCC1O. The third-order valence-corrected chi connectivity index (χ3v) is 4.15. The summed E-state index contributed by atoms with van der Waals surface area (Å²) in [4.78, 5) is 0. The minimum Gasteiger partial charge on any atom is -0.393 e. The maximum absolute atomic E-state index is 10.1. The van der Waals surface area contributed by atoms with Crippen LogP contribution in [0.3, 0.4) is 0 Å². The van der Waals surface area contributed by atoms with E-state index in [4.69, 9.17) is 5.73 Å². The van der Waals surface area contributed by atoms with Gasteiger partial charge in [-0.15, -0.1) is 0 Å². The number of nitrogens with two attached hydrogens (primary N) is 1. The number of aliphatic hydroxyl groups excluding tert-OH is 1. The maximum atomic E-state index is 10.1. The van der Waals surface area contributed by atoms with Crippen molar-refractivity contribution in [3.8, 4) is 0 Å². The molecule has 0 aromatic rings. The summed E-state index contributed by atoms with van der Waals surface area (Å²) >= 11 is 0. The zero-order valence-corrected chi connectivity index (χ0v) is 9.63. The summed E-state index contributed by atoms with van der Waals surface area (Å²) in [7, 11) is 0. The fourth-order valence-electron chi connectivity index (χ4n) is 2.66. The summed E-state index contributed by atoms with van der Waals surface area (Å²) in [6.07, 6.45) is 6.80. The van der Waals surface area contributed by atoms with Gasteiger partial charge in [-0.25, -0.2) is 0 Å². The van der Waals surface area contributed by atoms with Crippen LogP contribution in [0.15, 0.2) is 0 Å². The van der Waals surface area contributed by atoms with Crippen molar-refractivity contribution in [1.29, 1.82) is 0 Å². The van der Waals surface area contributed by atoms with E-state index in [1.807, 2.05) is 0 Å². The molecule has 1 aliphatic carbocycles. The third kappa shape index (κ3) is 2.48. The summed E-state index contributed by atoms with van der Waals surface area (Å²) in [5.74, 6) is 0.417. The van der Waals surface area contributed by atoms with Gasteiger partial charge in [0.1, 0.15) is 0 Å². The molecule has 3 unspecified atom stereocenters. The Morgan fingerprint density at radius 1 is 1.29 bits per heavy atom. The molecule has 0 aliphatic heterocycles. The van der Waals surface area contributed by atoms with Crippen LogP contribution in [-0.4, -0.2) is 17.8 Å². The molecule has 2 nitrogen and oxygen atoms in total. The molecule has 14 heavy (non-hydrogen) atoms. The van der Waals surface area contributed by atoms with Crippen LogP contribution in [0.1, 0.15) is 52.4 Å². The molecule has 0 heterocycles. The zero-order valence-electron chi connectivity index (χ0n) is 9.63. The van der Waals surface area contributed by atoms with E-state index in [0.717, 1.165) is 19.3 Å². The Morgan fingerprint density at radius 3 is 2.50 bits per heavy atom. The molecule has 1 rings (SSSR count). The molecule has 3 N–H and O–H groups in total. The first kappa shape index (κ1) is 12.0. The highest BCUT2D eigenvalue weighted by Crippen LogP contribution is 2.39. The Balaban J connectivity index is 2.70. The van der Waals surface area contributed by atoms with Gasteiger partial charge in [0.25, 0.3) is 0 Å². The minimum atomic E-state index is -0.119. The van der Waals surface area contributed by atoms with Crippen LogP contribution in [0.4, 0.5) is 0 Å². The highest BCUT2D eigenvalue weighted by molar-refractivity contribution is 4.88. The Kier molecular flexibility index (Phi) is 4.39. The van der Waals surface area contributed by atoms with Crippen molar-refractivity contribution < 1.29 is 5.11 Å². The smallest absolute Gasteiger partial charge is 0.0574 e.